The van der Waals surface area contributed by atoms with Crippen molar-refractivity contribution in [2.45, 2.75) is 19.9 Å². The van der Waals surface area contributed by atoms with Gasteiger partial charge in [0.25, 0.3) is 0 Å². The Morgan fingerprint density at radius 2 is 2.33 bits per heavy atom. The Morgan fingerprint density at radius 1 is 1.50 bits per heavy atom. The minimum absolute atomic E-state index is 0.0945. The Morgan fingerprint density at radius 3 is 3.00 bits per heavy atom. The molecule has 1 aromatic heterocycles. The van der Waals surface area contributed by atoms with Crippen LogP contribution >= 0.6 is 0 Å². The molecule has 0 radical (unpaired) electrons. The standard InChI is InChI=1S/C11H16N6O/c1-3-18-9-6-4-5-8(10(9)12)13-7(2)11-14-16-17-15-11/h4-7,13H,3,12H2,1-2H3,(H,14,15,16,17). The molecule has 7 heteroatoms. The second-order valence-electron chi connectivity index (χ2n) is 3.79. The Bertz CT molecular complexity index is 498. The number of aromatic amines is 1. The lowest BCUT2D eigenvalue weighted by Crippen LogP contribution is -2.10. The van der Waals surface area contributed by atoms with E-state index in [1.165, 1.54) is 0 Å². The van der Waals surface area contributed by atoms with Crippen molar-refractivity contribution in [1.29, 1.82) is 0 Å². The summed E-state index contributed by atoms with van der Waals surface area (Å²) in [5.74, 6) is 1.25. The molecule has 2 aromatic rings. The molecule has 0 aliphatic rings. The van der Waals surface area contributed by atoms with Crippen LogP contribution in [-0.2, 0) is 0 Å². The van der Waals surface area contributed by atoms with Crippen LogP contribution in [0.4, 0.5) is 11.4 Å². The maximum Gasteiger partial charge on any atom is 0.196 e. The SMILES string of the molecule is CCOc1cccc(NC(C)c2nn[nH]n2)c1N. The number of rotatable bonds is 5. The smallest absolute Gasteiger partial charge is 0.196 e. The van der Waals surface area contributed by atoms with Crippen LogP contribution < -0.4 is 15.8 Å². The fourth-order valence-electron chi connectivity index (χ4n) is 1.60. The van der Waals surface area contributed by atoms with E-state index in [-0.39, 0.29) is 6.04 Å². The molecule has 1 aromatic carbocycles. The zero-order valence-electron chi connectivity index (χ0n) is 10.3. The molecule has 1 unspecified atom stereocenters. The summed E-state index contributed by atoms with van der Waals surface area (Å²) < 4.78 is 5.43. The van der Waals surface area contributed by atoms with Crippen LogP contribution in [0.1, 0.15) is 25.7 Å². The molecule has 4 N–H and O–H groups in total. The molecule has 0 aliphatic carbocycles. The van der Waals surface area contributed by atoms with E-state index >= 15 is 0 Å². The molecular weight excluding hydrogens is 232 g/mol. The number of para-hydroxylation sites is 1. The number of nitrogens with zero attached hydrogens (tertiary/aromatic N) is 3. The summed E-state index contributed by atoms with van der Waals surface area (Å²) in [7, 11) is 0. The minimum atomic E-state index is -0.0945. The molecule has 0 spiro atoms. The van der Waals surface area contributed by atoms with Crippen molar-refractivity contribution in [3.8, 4) is 5.75 Å². The predicted molar refractivity (Wildman–Crippen MR) is 68.2 cm³/mol. The molecule has 0 saturated heterocycles. The first-order valence-corrected chi connectivity index (χ1v) is 5.73. The van der Waals surface area contributed by atoms with Crippen LogP contribution in [0.25, 0.3) is 0 Å². The number of nitrogen functional groups attached to an aromatic ring is 1. The van der Waals surface area contributed by atoms with Gasteiger partial charge in [-0.15, -0.1) is 10.2 Å². The summed E-state index contributed by atoms with van der Waals surface area (Å²) in [6, 6.07) is 5.51. The molecule has 1 heterocycles. The number of tetrazole rings is 1. The molecule has 18 heavy (non-hydrogen) atoms. The van der Waals surface area contributed by atoms with Gasteiger partial charge in [0.2, 0.25) is 0 Å². The monoisotopic (exact) mass is 248 g/mol. The zero-order chi connectivity index (χ0) is 13.0. The highest BCUT2D eigenvalue weighted by Crippen LogP contribution is 2.31. The average Bonchev–Trinajstić information content (AvgIpc) is 2.88. The molecule has 96 valence electrons. The normalized spacial score (nSPS) is 12.1. The van der Waals surface area contributed by atoms with E-state index < -0.39 is 0 Å². The Kier molecular flexibility index (Phi) is 3.61. The lowest BCUT2D eigenvalue weighted by molar-refractivity contribution is 0.342. The van der Waals surface area contributed by atoms with Crippen LogP contribution in [0.2, 0.25) is 0 Å². The van der Waals surface area contributed by atoms with Crippen molar-refractivity contribution in [2.24, 2.45) is 0 Å². The van der Waals surface area contributed by atoms with E-state index in [4.69, 9.17) is 10.5 Å². The van der Waals surface area contributed by atoms with E-state index in [0.29, 0.717) is 23.9 Å². The van der Waals surface area contributed by atoms with Crippen LogP contribution in [0.5, 0.6) is 5.75 Å². The van der Waals surface area contributed by atoms with E-state index in [1.54, 1.807) is 0 Å². The number of hydrogen-bond acceptors (Lipinski definition) is 6. The summed E-state index contributed by atoms with van der Waals surface area (Å²) in [5, 5.41) is 17.0. The first kappa shape index (κ1) is 12.2. The van der Waals surface area contributed by atoms with Gasteiger partial charge in [0.05, 0.1) is 24.0 Å². The van der Waals surface area contributed by atoms with Gasteiger partial charge in [0.15, 0.2) is 5.82 Å². The van der Waals surface area contributed by atoms with Gasteiger partial charge in [-0.1, -0.05) is 11.3 Å². The molecule has 7 nitrogen and oxygen atoms in total. The highest BCUT2D eigenvalue weighted by molar-refractivity contribution is 5.73. The summed E-state index contributed by atoms with van der Waals surface area (Å²) in [4.78, 5) is 0. The van der Waals surface area contributed by atoms with Crippen molar-refractivity contribution < 1.29 is 4.74 Å². The summed E-state index contributed by atoms with van der Waals surface area (Å²) in [6.45, 7) is 4.42. The second kappa shape index (κ2) is 5.35. The summed E-state index contributed by atoms with van der Waals surface area (Å²) in [6.07, 6.45) is 0. The average molecular weight is 248 g/mol. The topological polar surface area (TPSA) is 102 Å². The van der Waals surface area contributed by atoms with Gasteiger partial charge < -0.3 is 15.8 Å². The second-order valence-corrected chi connectivity index (χ2v) is 3.79. The van der Waals surface area contributed by atoms with Crippen molar-refractivity contribution in [2.75, 3.05) is 17.7 Å². The number of nitrogens with two attached hydrogens (primary N) is 1. The Labute approximate surface area is 105 Å². The number of hydrogen-bond donors (Lipinski definition) is 3. The number of ether oxygens (including phenoxy) is 1. The predicted octanol–water partition coefficient (Wildman–Crippen LogP) is 1.35. The van der Waals surface area contributed by atoms with Crippen molar-refractivity contribution in [1.82, 2.24) is 20.6 Å². The van der Waals surface area contributed by atoms with Gasteiger partial charge in [0.1, 0.15) is 5.75 Å². The van der Waals surface area contributed by atoms with Crippen molar-refractivity contribution in [3.05, 3.63) is 24.0 Å². The highest BCUT2D eigenvalue weighted by Gasteiger charge is 2.13. The van der Waals surface area contributed by atoms with Crippen LogP contribution in [0.3, 0.4) is 0 Å². The van der Waals surface area contributed by atoms with Crippen molar-refractivity contribution >= 4 is 11.4 Å². The molecule has 0 bridgehead atoms. The van der Waals surface area contributed by atoms with Gasteiger partial charge in [-0.25, -0.2) is 0 Å². The minimum Gasteiger partial charge on any atom is -0.492 e. The van der Waals surface area contributed by atoms with Gasteiger partial charge in [-0.05, 0) is 26.0 Å². The van der Waals surface area contributed by atoms with Crippen LogP contribution in [0.15, 0.2) is 18.2 Å². The fraction of sp³-hybridized carbons (Fsp3) is 0.364. The van der Waals surface area contributed by atoms with Gasteiger partial charge in [-0.3, -0.25) is 0 Å². The fourth-order valence-corrected chi connectivity index (χ4v) is 1.60. The largest absolute Gasteiger partial charge is 0.492 e. The first-order valence-electron chi connectivity index (χ1n) is 5.73. The maximum absolute atomic E-state index is 6.02. The number of H-pyrrole nitrogens is 1. The Balaban J connectivity index is 2.16. The number of aromatic nitrogens is 4. The van der Waals surface area contributed by atoms with Gasteiger partial charge >= 0.3 is 0 Å². The summed E-state index contributed by atoms with van der Waals surface area (Å²) in [5.41, 5.74) is 7.39. The van der Waals surface area contributed by atoms with E-state index in [9.17, 15) is 0 Å². The molecule has 2 rings (SSSR count). The van der Waals surface area contributed by atoms with Crippen LogP contribution in [0, 0.1) is 0 Å². The summed E-state index contributed by atoms with van der Waals surface area (Å²) >= 11 is 0. The number of benzene rings is 1. The van der Waals surface area contributed by atoms with E-state index in [0.717, 1.165) is 5.69 Å². The first-order chi connectivity index (χ1) is 8.72. The third kappa shape index (κ3) is 2.50. The number of nitrogens with one attached hydrogen (secondary N) is 2. The van der Waals surface area contributed by atoms with E-state index in [2.05, 4.69) is 25.9 Å². The molecule has 1 atom stereocenters. The maximum atomic E-state index is 6.02. The van der Waals surface area contributed by atoms with Crippen molar-refractivity contribution in [3.63, 3.8) is 0 Å². The molecule has 0 saturated carbocycles. The molecule has 0 aliphatic heterocycles. The van der Waals surface area contributed by atoms with Gasteiger partial charge in [0, 0.05) is 0 Å². The zero-order valence-corrected chi connectivity index (χ0v) is 10.3. The number of anilines is 2. The Hall–Kier alpha value is -2.31. The highest BCUT2D eigenvalue weighted by atomic mass is 16.5. The third-order valence-corrected chi connectivity index (χ3v) is 2.49. The third-order valence-electron chi connectivity index (χ3n) is 2.49. The van der Waals surface area contributed by atoms with E-state index in [1.807, 2.05) is 32.0 Å². The molecule has 0 amide bonds. The van der Waals surface area contributed by atoms with Crippen LogP contribution in [-0.4, -0.2) is 27.2 Å². The molecular formula is C11H16N6O. The quantitative estimate of drug-likeness (QED) is 0.690. The lowest BCUT2D eigenvalue weighted by Gasteiger charge is -2.15. The lowest BCUT2D eigenvalue weighted by atomic mass is 10.2. The molecule has 0 fully saturated rings. The van der Waals surface area contributed by atoms with Gasteiger partial charge in [-0.2, -0.15) is 5.21 Å².